The fourth-order valence-corrected chi connectivity index (χ4v) is 1.93. The molecule has 0 spiro atoms. The third-order valence-corrected chi connectivity index (χ3v) is 3.07. The Morgan fingerprint density at radius 2 is 2.25 bits per heavy atom. The Bertz CT molecular complexity index is 368. The van der Waals surface area contributed by atoms with Crippen LogP contribution in [0, 0.1) is 5.92 Å². The lowest BCUT2D eigenvalue weighted by atomic mass is 10.3. The second kappa shape index (κ2) is 4.87. The zero-order valence-corrected chi connectivity index (χ0v) is 10.4. The van der Waals surface area contributed by atoms with E-state index >= 15 is 0 Å². The van der Waals surface area contributed by atoms with Crippen molar-refractivity contribution in [3.63, 3.8) is 0 Å². The summed E-state index contributed by atoms with van der Waals surface area (Å²) >= 11 is 5.98. The highest BCUT2D eigenvalue weighted by atomic mass is 35.5. The minimum Gasteiger partial charge on any atom is -0.490 e. The van der Waals surface area contributed by atoms with Gasteiger partial charge < -0.3 is 9.64 Å². The first-order chi connectivity index (χ1) is 7.76. The van der Waals surface area contributed by atoms with E-state index < -0.39 is 0 Å². The molecule has 4 nitrogen and oxygen atoms in total. The Balaban J connectivity index is 2.24. The van der Waals surface area contributed by atoms with Crippen LogP contribution in [0.5, 0.6) is 5.75 Å². The van der Waals surface area contributed by atoms with E-state index in [-0.39, 0.29) is 0 Å². The number of ether oxygens (including phenoxy) is 1. The first kappa shape index (κ1) is 11.5. The van der Waals surface area contributed by atoms with Gasteiger partial charge in [-0.1, -0.05) is 11.6 Å². The molecule has 0 N–H and O–H groups in total. The first-order valence-corrected chi connectivity index (χ1v) is 5.93. The predicted molar refractivity (Wildman–Crippen MR) is 64.2 cm³/mol. The lowest BCUT2D eigenvalue weighted by Gasteiger charge is -2.23. The summed E-state index contributed by atoms with van der Waals surface area (Å²) in [6.07, 6.45) is 4.12. The molecule has 0 amide bonds. The minimum absolute atomic E-state index is 0.377. The Morgan fingerprint density at radius 3 is 2.81 bits per heavy atom. The topological polar surface area (TPSA) is 38.2 Å². The van der Waals surface area contributed by atoms with Gasteiger partial charge in [0.2, 0.25) is 0 Å². The summed E-state index contributed by atoms with van der Waals surface area (Å²) in [5, 5.41) is 0.377. The highest BCUT2D eigenvalue weighted by molar-refractivity contribution is 6.31. The highest BCUT2D eigenvalue weighted by Gasteiger charge is 2.26. The molecular weight excluding hydrogens is 226 g/mol. The molecule has 1 aliphatic rings. The van der Waals surface area contributed by atoms with Crippen molar-refractivity contribution in [2.45, 2.75) is 19.8 Å². The standard InChI is InChI=1S/C11H16ClN3O/c1-3-15(6-8-4-5-8)11-9(16-2)10(12)13-7-14-11/h7-8H,3-6H2,1-2H3. The van der Waals surface area contributed by atoms with Crippen LogP contribution in [0.3, 0.4) is 0 Å². The van der Waals surface area contributed by atoms with E-state index in [0.29, 0.717) is 10.9 Å². The maximum atomic E-state index is 5.98. The van der Waals surface area contributed by atoms with E-state index in [2.05, 4.69) is 21.8 Å². The summed E-state index contributed by atoms with van der Waals surface area (Å²) in [6.45, 7) is 4.04. The lowest BCUT2D eigenvalue weighted by molar-refractivity contribution is 0.410. The van der Waals surface area contributed by atoms with Gasteiger partial charge in [-0.2, -0.15) is 0 Å². The maximum absolute atomic E-state index is 5.98. The van der Waals surface area contributed by atoms with Crippen LogP contribution in [0.2, 0.25) is 5.15 Å². The van der Waals surface area contributed by atoms with Crippen LogP contribution in [-0.4, -0.2) is 30.2 Å². The fraction of sp³-hybridized carbons (Fsp3) is 0.636. The van der Waals surface area contributed by atoms with E-state index in [9.17, 15) is 0 Å². The second-order valence-corrected chi connectivity index (χ2v) is 4.36. The van der Waals surface area contributed by atoms with Crippen molar-refractivity contribution in [3.05, 3.63) is 11.5 Å². The van der Waals surface area contributed by atoms with Crippen molar-refractivity contribution in [3.8, 4) is 5.75 Å². The molecule has 5 heteroatoms. The van der Waals surface area contributed by atoms with Crippen LogP contribution in [0.1, 0.15) is 19.8 Å². The SMILES string of the molecule is CCN(CC1CC1)c1ncnc(Cl)c1OC. The molecule has 0 bridgehead atoms. The van der Waals surface area contributed by atoms with Gasteiger partial charge in [-0.15, -0.1) is 0 Å². The molecule has 1 fully saturated rings. The molecule has 88 valence electrons. The maximum Gasteiger partial charge on any atom is 0.199 e. The van der Waals surface area contributed by atoms with E-state index in [1.54, 1.807) is 7.11 Å². The van der Waals surface area contributed by atoms with Gasteiger partial charge in [0, 0.05) is 13.1 Å². The van der Waals surface area contributed by atoms with Gasteiger partial charge in [0.25, 0.3) is 0 Å². The molecule has 1 heterocycles. The van der Waals surface area contributed by atoms with Gasteiger partial charge >= 0.3 is 0 Å². The van der Waals surface area contributed by atoms with Gasteiger partial charge in [-0.05, 0) is 25.7 Å². The fourth-order valence-electron chi connectivity index (χ4n) is 1.72. The molecule has 0 unspecified atom stereocenters. The van der Waals surface area contributed by atoms with Crippen molar-refractivity contribution in [2.75, 3.05) is 25.1 Å². The number of rotatable bonds is 5. The van der Waals surface area contributed by atoms with E-state index in [0.717, 1.165) is 24.8 Å². The minimum atomic E-state index is 0.377. The van der Waals surface area contributed by atoms with Crippen LogP contribution >= 0.6 is 11.6 Å². The normalized spacial score (nSPS) is 14.9. The third-order valence-electron chi connectivity index (χ3n) is 2.80. The smallest absolute Gasteiger partial charge is 0.199 e. The average Bonchev–Trinajstić information content (AvgIpc) is 3.09. The molecule has 0 saturated heterocycles. The van der Waals surface area contributed by atoms with Crippen LogP contribution in [0.15, 0.2) is 6.33 Å². The van der Waals surface area contributed by atoms with Crippen LogP contribution in [0.25, 0.3) is 0 Å². The van der Waals surface area contributed by atoms with Crippen LogP contribution in [-0.2, 0) is 0 Å². The average molecular weight is 242 g/mol. The summed E-state index contributed by atoms with van der Waals surface area (Å²) in [4.78, 5) is 10.4. The largest absolute Gasteiger partial charge is 0.490 e. The Hall–Kier alpha value is -1.03. The number of halogens is 1. The van der Waals surface area contributed by atoms with Gasteiger partial charge in [-0.3, -0.25) is 0 Å². The summed E-state index contributed by atoms with van der Waals surface area (Å²) in [7, 11) is 1.60. The van der Waals surface area contributed by atoms with Crippen molar-refractivity contribution in [1.82, 2.24) is 9.97 Å². The number of aromatic nitrogens is 2. The molecule has 0 atom stereocenters. The van der Waals surface area contributed by atoms with E-state index in [4.69, 9.17) is 16.3 Å². The molecule has 16 heavy (non-hydrogen) atoms. The molecule has 1 aromatic rings. The molecule has 0 aliphatic heterocycles. The third kappa shape index (κ3) is 2.38. The van der Waals surface area contributed by atoms with E-state index in [1.807, 2.05) is 0 Å². The van der Waals surface area contributed by atoms with Crippen molar-refractivity contribution in [2.24, 2.45) is 5.92 Å². The Morgan fingerprint density at radius 1 is 1.50 bits per heavy atom. The van der Waals surface area contributed by atoms with Crippen molar-refractivity contribution >= 4 is 17.4 Å². The van der Waals surface area contributed by atoms with E-state index in [1.165, 1.54) is 19.2 Å². The summed E-state index contributed by atoms with van der Waals surface area (Å²) in [5.41, 5.74) is 0. The summed E-state index contributed by atoms with van der Waals surface area (Å²) in [6, 6.07) is 0. The molecular formula is C11H16ClN3O. The molecule has 1 aromatic heterocycles. The summed E-state index contributed by atoms with van der Waals surface area (Å²) in [5.74, 6) is 2.18. The molecule has 1 saturated carbocycles. The number of methoxy groups -OCH3 is 1. The highest BCUT2D eigenvalue weighted by Crippen LogP contribution is 2.35. The van der Waals surface area contributed by atoms with Gasteiger partial charge in [0.05, 0.1) is 7.11 Å². The number of hydrogen-bond donors (Lipinski definition) is 0. The van der Waals surface area contributed by atoms with Crippen molar-refractivity contribution in [1.29, 1.82) is 0 Å². The first-order valence-electron chi connectivity index (χ1n) is 5.55. The molecule has 1 aliphatic carbocycles. The molecule has 2 rings (SSSR count). The Kier molecular flexibility index (Phi) is 3.49. The van der Waals surface area contributed by atoms with Gasteiger partial charge in [0.15, 0.2) is 16.7 Å². The van der Waals surface area contributed by atoms with Gasteiger partial charge in [-0.25, -0.2) is 9.97 Å². The number of nitrogens with zero attached hydrogens (tertiary/aromatic N) is 3. The zero-order chi connectivity index (χ0) is 11.5. The predicted octanol–water partition coefficient (Wildman–Crippen LogP) is 2.37. The van der Waals surface area contributed by atoms with Crippen molar-refractivity contribution < 1.29 is 4.74 Å². The number of hydrogen-bond acceptors (Lipinski definition) is 4. The van der Waals surface area contributed by atoms with Crippen LogP contribution < -0.4 is 9.64 Å². The summed E-state index contributed by atoms with van der Waals surface area (Å²) < 4.78 is 5.26. The monoisotopic (exact) mass is 241 g/mol. The Labute approximate surface area is 101 Å². The van der Waals surface area contributed by atoms with Gasteiger partial charge in [0.1, 0.15) is 6.33 Å². The quantitative estimate of drug-likeness (QED) is 0.742. The molecule has 0 radical (unpaired) electrons. The second-order valence-electron chi connectivity index (χ2n) is 4.00. The molecule has 0 aromatic carbocycles. The van der Waals surface area contributed by atoms with Crippen LogP contribution in [0.4, 0.5) is 5.82 Å². The lowest BCUT2D eigenvalue weighted by Crippen LogP contribution is -2.26. The number of anilines is 1. The zero-order valence-electron chi connectivity index (χ0n) is 9.61.